The van der Waals surface area contributed by atoms with Crippen molar-refractivity contribution in [2.24, 2.45) is 5.92 Å². The molecule has 0 aliphatic heterocycles. The first-order valence-corrected chi connectivity index (χ1v) is 7.74. The van der Waals surface area contributed by atoms with E-state index in [4.69, 9.17) is 15.9 Å². The molecule has 1 rings (SSSR count). The van der Waals surface area contributed by atoms with Gasteiger partial charge in [0.25, 0.3) is 0 Å². The van der Waals surface area contributed by atoms with E-state index < -0.39 is 0 Å². The molecule has 1 aliphatic rings. The van der Waals surface area contributed by atoms with Crippen LogP contribution in [0.1, 0.15) is 48.5 Å². The number of hydrogen-bond acceptors (Lipinski definition) is 2. The Morgan fingerprint density at radius 1 is 1.09 bits per heavy atom. The minimum atomic E-state index is -0.250. The van der Waals surface area contributed by atoms with E-state index >= 15 is 0 Å². The first-order chi connectivity index (χ1) is 9.04. The number of hydrogen-bond donors (Lipinski definition) is 2. The maximum absolute atomic E-state index is 7.62. The zero-order chi connectivity index (χ0) is 16.9. The van der Waals surface area contributed by atoms with Gasteiger partial charge in [-0.05, 0) is 0 Å². The molecule has 142 valence electrons. The molecule has 0 spiro atoms. The van der Waals surface area contributed by atoms with Gasteiger partial charge in [-0.1, -0.05) is 47.5 Å². The van der Waals surface area contributed by atoms with Gasteiger partial charge >= 0.3 is 24.8 Å². The number of aliphatic hydroxyl groups excluding tert-OH is 2. The Bertz CT molecular complexity index is 306. The van der Waals surface area contributed by atoms with Crippen molar-refractivity contribution in [2.45, 2.75) is 54.0 Å². The summed E-state index contributed by atoms with van der Waals surface area (Å²) < 4.78 is 0. The molecule has 1 unspecified atom stereocenters. The predicted octanol–water partition coefficient (Wildman–Crippen LogP) is 4.79. The zero-order valence-electron chi connectivity index (χ0n) is 15.9. The van der Waals surface area contributed by atoms with E-state index in [2.05, 4.69) is 38.6 Å². The van der Waals surface area contributed by atoms with Crippen molar-refractivity contribution in [3.63, 3.8) is 0 Å². The van der Waals surface area contributed by atoms with Crippen LogP contribution in [0, 0.1) is 19.4 Å². The van der Waals surface area contributed by atoms with E-state index in [1.54, 1.807) is 20.0 Å². The summed E-state index contributed by atoms with van der Waals surface area (Å²) in [7, 11) is 0. The van der Waals surface area contributed by atoms with Gasteiger partial charge in [0.1, 0.15) is 0 Å². The van der Waals surface area contributed by atoms with Crippen molar-refractivity contribution >= 4 is 29.6 Å². The third-order valence-corrected chi connectivity index (χ3v) is 2.34. The van der Waals surface area contributed by atoms with E-state index in [1.165, 1.54) is 16.7 Å². The quantitative estimate of drug-likeness (QED) is 0.487. The molecular weight excluding hydrogens is 369 g/mol. The molecule has 6 heteroatoms. The van der Waals surface area contributed by atoms with E-state index in [1.807, 2.05) is 20.8 Å². The molecule has 0 amide bonds. The minimum absolute atomic E-state index is 0. The van der Waals surface area contributed by atoms with Gasteiger partial charge in [0.15, 0.2) is 0 Å². The van der Waals surface area contributed by atoms with Crippen LogP contribution in [-0.4, -0.2) is 33.8 Å². The summed E-state index contributed by atoms with van der Waals surface area (Å²) in [4.78, 5) is 3.25. The molecule has 3 N–H and O–H groups in total. The molecule has 0 bridgehead atoms. The third-order valence-electron chi connectivity index (χ3n) is 2.34. The third kappa shape index (κ3) is 30.9. The van der Waals surface area contributed by atoms with Gasteiger partial charge in [-0.15, -0.1) is 37.3 Å². The van der Waals surface area contributed by atoms with Crippen molar-refractivity contribution in [3.8, 4) is 0 Å². The molecule has 0 radical (unpaired) electrons. The van der Waals surface area contributed by atoms with Crippen LogP contribution in [-0.2, 0) is 20.0 Å². The second-order valence-corrected chi connectivity index (χ2v) is 5.50. The van der Waals surface area contributed by atoms with Gasteiger partial charge in [0.2, 0.25) is 0 Å². The van der Waals surface area contributed by atoms with Crippen LogP contribution >= 0.6 is 24.8 Å². The van der Waals surface area contributed by atoms with Gasteiger partial charge in [0.05, 0.1) is 13.2 Å². The fraction of sp³-hybridized carbons (Fsp3) is 0.647. The monoisotopic (exact) mass is 404 g/mol. The Labute approximate surface area is 168 Å². The smallest absolute Gasteiger partial charge is 0.358 e. The van der Waals surface area contributed by atoms with E-state index in [0.717, 1.165) is 0 Å². The normalized spacial score (nSPS) is 14.7. The molecule has 3 nitrogen and oxygen atoms in total. The minimum Gasteiger partial charge on any atom is -0.358 e. The molecule has 0 saturated carbocycles. The van der Waals surface area contributed by atoms with E-state index in [-0.39, 0.29) is 51.0 Å². The molecule has 1 atom stereocenters. The number of nitrogens with one attached hydrogen (secondary N) is 1. The average Bonchev–Trinajstić information content (AvgIpc) is 2.57. The summed E-state index contributed by atoms with van der Waals surface area (Å²) in [5, 5.41) is 15.2. The number of halogens is 2. The van der Waals surface area contributed by atoms with Crippen LogP contribution in [0.4, 0.5) is 0 Å². The zero-order valence-corrected chi connectivity index (χ0v) is 19.1. The van der Waals surface area contributed by atoms with Crippen molar-refractivity contribution in [1.82, 2.24) is 0 Å². The summed E-state index contributed by atoms with van der Waals surface area (Å²) >= 11 is 1.75. The molecule has 0 aromatic heterocycles. The van der Waals surface area contributed by atoms with E-state index in [0.29, 0.717) is 5.92 Å². The van der Waals surface area contributed by atoms with Crippen LogP contribution in [0.2, 0.25) is 0 Å². The second-order valence-electron chi connectivity index (χ2n) is 5.50. The van der Waals surface area contributed by atoms with Gasteiger partial charge in [-0.3, -0.25) is 6.08 Å². The maximum atomic E-state index is 7.62. The Balaban J connectivity index is -0.0000000455. The van der Waals surface area contributed by atoms with Gasteiger partial charge in [0, 0.05) is 0 Å². The fourth-order valence-corrected chi connectivity index (χ4v) is 1.16. The fourth-order valence-electron chi connectivity index (χ4n) is 1.16. The van der Waals surface area contributed by atoms with Crippen molar-refractivity contribution in [3.05, 3.63) is 36.0 Å². The van der Waals surface area contributed by atoms with Crippen LogP contribution in [0.15, 0.2) is 16.7 Å². The summed E-state index contributed by atoms with van der Waals surface area (Å²) in [5.74, 6) is 0.560. The first-order valence-electron chi connectivity index (χ1n) is 6.64. The second kappa shape index (κ2) is 22.5. The van der Waals surface area contributed by atoms with Crippen LogP contribution in [0.3, 0.4) is 0 Å². The van der Waals surface area contributed by atoms with Gasteiger partial charge in [-0.25, -0.2) is 5.57 Å². The standard InChI is InChI=1S/C9H13.C4H10N.C2H6O2.CH3.CH2.2ClH.Ti/c1-6-5-7(2)9(4)8(6)3;1-4(2,3)5;3-1-2-4;;;;;/h6H,1-4H3;5H,1-3H3;3-4H,1-2H2;1H3;1H2;2*1H;/q2*-1;;-1;;;;. The van der Waals surface area contributed by atoms with Crippen LogP contribution in [0.5, 0.6) is 0 Å². The van der Waals surface area contributed by atoms with E-state index in [9.17, 15) is 0 Å². The predicted molar refractivity (Wildman–Crippen MR) is 106 cm³/mol. The van der Waals surface area contributed by atoms with Gasteiger partial charge < -0.3 is 23.4 Å². The van der Waals surface area contributed by atoms with Crippen LogP contribution < -0.4 is 0 Å². The molecule has 0 aromatic rings. The Kier molecular flexibility index (Phi) is 38.1. The molecule has 0 saturated heterocycles. The van der Waals surface area contributed by atoms with Crippen molar-refractivity contribution < 1.29 is 30.2 Å². The maximum Gasteiger partial charge on any atom is -0.358 e. The Morgan fingerprint density at radius 2 is 1.35 bits per heavy atom. The largest absolute Gasteiger partial charge is 0.358 e. The molecule has 0 fully saturated rings. The molecular formula is C17H36Cl2NO2Ti-3. The van der Waals surface area contributed by atoms with Gasteiger partial charge in [-0.2, -0.15) is 11.1 Å². The summed E-state index contributed by atoms with van der Waals surface area (Å²) in [6.45, 7) is 14.0. The molecule has 23 heavy (non-hydrogen) atoms. The first kappa shape index (κ1) is 38.9. The topological polar surface area (TPSA) is 64.3 Å². The number of rotatable bonds is 1. The number of allylic oxidation sites excluding steroid dienone is 4. The molecule has 0 aromatic carbocycles. The summed E-state index contributed by atoms with van der Waals surface area (Å²) in [6.07, 6.45) is 3.36. The van der Waals surface area contributed by atoms with Crippen LogP contribution in [0.25, 0.3) is 5.73 Å². The summed E-state index contributed by atoms with van der Waals surface area (Å²) in [5.41, 5.74) is 10.9. The molecule has 0 heterocycles. The number of aliphatic hydroxyl groups is 2. The van der Waals surface area contributed by atoms with Crippen molar-refractivity contribution in [2.75, 3.05) is 13.2 Å². The Morgan fingerprint density at radius 3 is 1.39 bits per heavy atom. The molecule has 1 aliphatic carbocycles. The SMILES string of the molecule is CC(C)(C)[NH-].CC1=[C-]C(C)C(C)=C1C.Cl.Cl.OCCO.[CH2]=[Ti].[CH3-]. The summed E-state index contributed by atoms with van der Waals surface area (Å²) in [6, 6.07) is 0. The average molecular weight is 405 g/mol. The van der Waals surface area contributed by atoms with Crippen molar-refractivity contribution in [1.29, 1.82) is 0 Å². The Hall–Kier alpha value is 0.524.